The summed E-state index contributed by atoms with van der Waals surface area (Å²) in [6.45, 7) is 5.79. The van der Waals surface area contributed by atoms with E-state index >= 15 is 0 Å². The number of benzene rings is 2. The number of aliphatic carboxylic acids is 1. The van der Waals surface area contributed by atoms with Crippen molar-refractivity contribution < 1.29 is 19.4 Å². The highest BCUT2D eigenvalue weighted by atomic mass is 35.5. The molecule has 2 N–H and O–H groups in total. The van der Waals surface area contributed by atoms with E-state index in [1.807, 2.05) is 60.4 Å². The summed E-state index contributed by atoms with van der Waals surface area (Å²) >= 11 is 12.6. The van der Waals surface area contributed by atoms with Gasteiger partial charge in [0.15, 0.2) is 0 Å². The number of nitrogens with zero attached hydrogens (tertiary/aromatic N) is 1. The lowest BCUT2D eigenvalue weighted by Gasteiger charge is -2.53. The SMILES string of the molecule is CC[C@@H]([C@@H]1CNCCO1)N1C(=O)[C@](C)(CC(=O)O)C[C@H](c2cccc(Cl)c2)[C@H]1c1ccc(Cl)cc1. The van der Waals surface area contributed by atoms with Crippen LogP contribution in [-0.4, -0.2) is 53.7 Å². The van der Waals surface area contributed by atoms with E-state index in [1.165, 1.54) is 0 Å². The molecule has 2 heterocycles. The first-order valence-electron chi connectivity index (χ1n) is 12.1. The molecule has 0 bridgehead atoms. The Bertz CT molecular complexity index is 1060. The van der Waals surface area contributed by atoms with Gasteiger partial charge in [-0.05, 0) is 48.2 Å². The summed E-state index contributed by atoms with van der Waals surface area (Å²) in [6, 6.07) is 14.7. The molecular formula is C27H32Cl2N2O4. The fourth-order valence-corrected chi connectivity index (χ4v) is 6.04. The molecule has 6 nitrogen and oxygen atoms in total. The zero-order chi connectivity index (χ0) is 25.2. The maximum Gasteiger partial charge on any atom is 0.304 e. The van der Waals surface area contributed by atoms with Gasteiger partial charge in [0.2, 0.25) is 5.91 Å². The fraction of sp³-hybridized carbons (Fsp3) is 0.481. The van der Waals surface area contributed by atoms with E-state index in [9.17, 15) is 14.7 Å². The van der Waals surface area contributed by atoms with Crippen LogP contribution < -0.4 is 5.32 Å². The second-order valence-corrected chi connectivity index (χ2v) is 10.7. The highest BCUT2D eigenvalue weighted by molar-refractivity contribution is 6.30. The number of rotatable bonds is 7. The van der Waals surface area contributed by atoms with E-state index in [2.05, 4.69) is 5.32 Å². The van der Waals surface area contributed by atoms with Crippen LogP contribution in [-0.2, 0) is 14.3 Å². The molecule has 2 aliphatic heterocycles. The second kappa shape index (κ2) is 10.9. The van der Waals surface area contributed by atoms with Gasteiger partial charge < -0.3 is 20.1 Å². The highest BCUT2D eigenvalue weighted by Gasteiger charge is 2.53. The smallest absolute Gasteiger partial charge is 0.304 e. The predicted octanol–water partition coefficient (Wildman–Crippen LogP) is 5.30. The highest BCUT2D eigenvalue weighted by Crippen LogP contribution is 2.52. The van der Waals surface area contributed by atoms with Crippen molar-refractivity contribution in [2.75, 3.05) is 19.7 Å². The standard InChI is InChI=1S/C27H32Cl2N2O4/c1-3-22(23-16-30-11-12-35-23)31-25(17-7-9-19(28)10-8-17)21(18-5-4-6-20(29)13-18)14-27(2,26(31)34)15-24(32)33/h4-10,13,21-23,25,30H,3,11-12,14-16H2,1-2H3,(H,32,33)/t21-,22+,23+,25-,27+/m1/s1. The number of amides is 1. The Morgan fingerprint density at radius 1 is 1.20 bits per heavy atom. The molecule has 188 valence electrons. The molecule has 1 amide bonds. The number of carboxylic acids is 1. The second-order valence-electron chi connectivity index (χ2n) is 9.79. The first-order chi connectivity index (χ1) is 16.7. The molecule has 2 aromatic rings. The van der Waals surface area contributed by atoms with Gasteiger partial charge in [0.1, 0.15) is 0 Å². The van der Waals surface area contributed by atoms with Crippen LogP contribution in [0.5, 0.6) is 0 Å². The molecule has 0 unspecified atom stereocenters. The molecule has 0 aromatic heterocycles. The van der Waals surface area contributed by atoms with Crippen LogP contribution in [0.2, 0.25) is 10.0 Å². The molecule has 2 aromatic carbocycles. The number of likely N-dealkylation sites (tertiary alicyclic amines) is 1. The normalized spacial score (nSPS) is 28.1. The zero-order valence-electron chi connectivity index (χ0n) is 20.0. The van der Waals surface area contributed by atoms with Crippen LogP contribution in [0.1, 0.15) is 56.2 Å². The van der Waals surface area contributed by atoms with E-state index < -0.39 is 11.4 Å². The van der Waals surface area contributed by atoms with E-state index in [0.717, 1.165) is 17.7 Å². The van der Waals surface area contributed by atoms with Crippen LogP contribution >= 0.6 is 23.2 Å². The number of carboxylic acid groups (broad SMARTS) is 1. The summed E-state index contributed by atoms with van der Waals surface area (Å²) in [7, 11) is 0. The quantitative estimate of drug-likeness (QED) is 0.519. The van der Waals surface area contributed by atoms with Crippen molar-refractivity contribution in [3.05, 3.63) is 69.7 Å². The Hall–Kier alpha value is -2.12. The Morgan fingerprint density at radius 2 is 1.94 bits per heavy atom. The maximum atomic E-state index is 14.3. The van der Waals surface area contributed by atoms with Crippen LogP contribution in [0.4, 0.5) is 0 Å². The molecule has 0 saturated carbocycles. The van der Waals surface area contributed by atoms with Crippen molar-refractivity contribution in [3.8, 4) is 0 Å². The number of morpholine rings is 1. The number of carbonyl (C=O) groups excluding carboxylic acids is 1. The number of hydrogen-bond donors (Lipinski definition) is 2. The predicted molar refractivity (Wildman–Crippen MR) is 137 cm³/mol. The van der Waals surface area contributed by atoms with Crippen LogP contribution in [0, 0.1) is 5.41 Å². The van der Waals surface area contributed by atoms with E-state index in [1.54, 1.807) is 6.92 Å². The van der Waals surface area contributed by atoms with Gasteiger partial charge in [-0.15, -0.1) is 0 Å². The largest absolute Gasteiger partial charge is 0.481 e. The van der Waals surface area contributed by atoms with E-state index in [4.69, 9.17) is 27.9 Å². The molecule has 0 radical (unpaired) electrons. The van der Waals surface area contributed by atoms with E-state index in [0.29, 0.717) is 36.0 Å². The van der Waals surface area contributed by atoms with Gasteiger partial charge in [0.05, 0.1) is 36.6 Å². The molecular weight excluding hydrogens is 487 g/mol. The summed E-state index contributed by atoms with van der Waals surface area (Å²) in [5, 5.41) is 14.3. The number of nitrogens with one attached hydrogen (secondary N) is 1. The Balaban J connectivity index is 1.89. The van der Waals surface area contributed by atoms with Gasteiger partial charge >= 0.3 is 5.97 Å². The third-order valence-electron chi connectivity index (χ3n) is 7.29. The van der Waals surface area contributed by atoms with Crippen molar-refractivity contribution in [1.82, 2.24) is 10.2 Å². The Morgan fingerprint density at radius 3 is 2.54 bits per heavy atom. The molecule has 0 aliphatic carbocycles. The lowest BCUT2D eigenvalue weighted by atomic mass is 9.66. The molecule has 2 aliphatic rings. The first-order valence-corrected chi connectivity index (χ1v) is 12.9. The summed E-state index contributed by atoms with van der Waals surface area (Å²) in [4.78, 5) is 28.1. The number of carbonyl (C=O) groups is 2. The molecule has 0 spiro atoms. The molecule has 8 heteroatoms. The number of piperidine rings is 1. The number of hydrogen-bond acceptors (Lipinski definition) is 4. The minimum atomic E-state index is -1.07. The third kappa shape index (κ3) is 5.51. The minimum absolute atomic E-state index is 0.154. The molecule has 5 atom stereocenters. The molecule has 35 heavy (non-hydrogen) atoms. The molecule has 2 fully saturated rings. The van der Waals surface area contributed by atoms with Gasteiger partial charge in [0, 0.05) is 29.1 Å². The Labute approximate surface area is 216 Å². The lowest BCUT2D eigenvalue weighted by molar-refractivity contribution is -0.165. The van der Waals surface area contributed by atoms with Crippen LogP contribution in [0.3, 0.4) is 0 Å². The third-order valence-corrected chi connectivity index (χ3v) is 7.78. The van der Waals surface area contributed by atoms with Crippen LogP contribution in [0.15, 0.2) is 48.5 Å². The topological polar surface area (TPSA) is 78.9 Å². The first kappa shape index (κ1) is 26.0. The van der Waals surface area contributed by atoms with Crippen molar-refractivity contribution in [2.24, 2.45) is 5.41 Å². The monoisotopic (exact) mass is 518 g/mol. The van der Waals surface area contributed by atoms with Gasteiger partial charge in [-0.25, -0.2) is 0 Å². The number of halogens is 2. The number of ether oxygens (including phenoxy) is 1. The van der Waals surface area contributed by atoms with E-state index in [-0.39, 0.29) is 36.4 Å². The van der Waals surface area contributed by atoms with Gasteiger partial charge in [-0.1, -0.05) is 61.3 Å². The average Bonchev–Trinajstić information content (AvgIpc) is 2.83. The van der Waals surface area contributed by atoms with Crippen molar-refractivity contribution in [1.29, 1.82) is 0 Å². The maximum absolute atomic E-state index is 14.3. The minimum Gasteiger partial charge on any atom is -0.481 e. The summed E-state index contributed by atoms with van der Waals surface area (Å²) < 4.78 is 6.13. The average molecular weight is 519 g/mol. The summed E-state index contributed by atoms with van der Waals surface area (Å²) in [5.41, 5.74) is 0.855. The molecule has 4 rings (SSSR count). The summed E-state index contributed by atoms with van der Waals surface area (Å²) in [6.07, 6.45) is 0.628. The van der Waals surface area contributed by atoms with Crippen molar-refractivity contribution >= 4 is 35.1 Å². The van der Waals surface area contributed by atoms with Gasteiger partial charge in [-0.3, -0.25) is 9.59 Å². The zero-order valence-corrected chi connectivity index (χ0v) is 21.6. The Kier molecular flexibility index (Phi) is 8.06. The van der Waals surface area contributed by atoms with Gasteiger partial charge in [0.25, 0.3) is 0 Å². The lowest BCUT2D eigenvalue weighted by Crippen LogP contribution is -2.61. The van der Waals surface area contributed by atoms with Crippen molar-refractivity contribution in [3.63, 3.8) is 0 Å². The molecule has 2 saturated heterocycles. The summed E-state index contributed by atoms with van der Waals surface area (Å²) in [5.74, 6) is -1.30. The van der Waals surface area contributed by atoms with Crippen molar-refractivity contribution in [2.45, 2.75) is 57.2 Å². The van der Waals surface area contributed by atoms with Crippen LogP contribution in [0.25, 0.3) is 0 Å². The fourth-order valence-electron chi connectivity index (χ4n) is 5.72. The van der Waals surface area contributed by atoms with Gasteiger partial charge in [-0.2, -0.15) is 0 Å².